The first-order valence-electron chi connectivity index (χ1n) is 7.64. The maximum Gasteiger partial charge on any atom is 0.330 e. The summed E-state index contributed by atoms with van der Waals surface area (Å²) in [5.41, 5.74) is 1.04. The van der Waals surface area contributed by atoms with E-state index in [2.05, 4.69) is 19.9 Å². The lowest BCUT2D eigenvalue weighted by Crippen LogP contribution is -2.03. The Morgan fingerprint density at radius 1 is 1.15 bits per heavy atom. The van der Waals surface area contributed by atoms with Crippen LogP contribution in [0.4, 0.5) is 0 Å². The van der Waals surface area contributed by atoms with Crippen molar-refractivity contribution in [3.63, 3.8) is 0 Å². The van der Waals surface area contributed by atoms with E-state index >= 15 is 0 Å². The molecule has 0 aromatic heterocycles. The Morgan fingerprint density at radius 3 is 2.45 bits per heavy atom. The summed E-state index contributed by atoms with van der Waals surface area (Å²) in [6, 6.07) is 0. The smallest absolute Gasteiger partial charge is 0.330 e. The summed E-state index contributed by atoms with van der Waals surface area (Å²) in [6.07, 6.45) is 11.9. The molecule has 3 nitrogen and oxygen atoms in total. The SMILES string of the molecule is CCCC/C=C(/C=C/C(=O)OCCCC)C(C)CC=O. The first kappa shape index (κ1) is 18.6. The second-order valence-corrected chi connectivity index (χ2v) is 5.00. The largest absolute Gasteiger partial charge is 0.463 e. The van der Waals surface area contributed by atoms with Gasteiger partial charge in [-0.05, 0) is 24.3 Å². The maximum atomic E-state index is 11.5. The second kappa shape index (κ2) is 12.6. The zero-order valence-electron chi connectivity index (χ0n) is 13.1. The molecule has 0 spiro atoms. The summed E-state index contributed by atoms with van der Waals surface area (Å²) >= 11 is 0. The van der Waals surface area contributed by atoms with Gasteiger partial charge in [0.15, 0.2) is 0 Å². The molecule has 0 aromatic carbocycles. The zero-order valence-corrected chi connectivity index (χ0v) is 13.1. The molecule has 0 heterocycles. The number of ether oxygens (including phenoxy) is 1. The third-order valence-corrected chi connectivity index (χ3v) is 3.11. The van der Waals surface area contributed by atoms with Crippen LogP contribution < -0.4 is 0 Å². The van der Waals surface area contributed by atoms with Crippen LogP contribution in [-0.4, -0.2) is 18.9 Å². The van der Waals surface area contributed by atoms with Crippen LogP contribution in [-0.2, 0) is 14.3 Å². The van der Waals surface area contributed by atoms with Crippen LogP contribution in [0.1, 0.15) is 59.3 Å². The molecule has 1 unspecified atom stereocenters. The molecule has 0 saturated carbocycles. The molecule has 3 heteroatoms. The van der Waals surface area contributed by atoms with Crippen LogP contribution in [0, 0.1) is 5.92 Å². The Bertz CT molecular complexity index is 329. The predicted molar refractivity (Wildman–Crippen MR) is 82.5 cm³/mol. The highest BCUT2D eigenvalue weighted by Gasteiger charge is 2.06. The third-order valence-electron chi connectivity index (χ3n) is 3.11. The van der Waals surface area contributed by atoms with E-state index in [1.54, 1.807) is 6.08 Å². The van der Waals surface area contributed by atoms with Gasteiger partial charge in [-0.3, -0.25) is 0 Å². The van der Waals surface area contributed by atoms with Crippen molar-refractivity contribution in [2.24, 2.45) is 5.92 Å². The van der Waals surface area contributed by atoms with Gasteiger partial charge in [0.2, 0.25) is 0 Å². The van der Waals surface area contributed by atoms with E-state index in [0.29, 0.717) is 13.0 Å². The highest BCUT2D eigenvalue weighted by atomic mass is 16.5. The van der Waals surface area contributed by atoms with Crippen molar-refractivity contribution in [1.29, 1.82) is 0 Å². The molecular weight excluding hydrogens is 252 g/mol. The summed E-state index contributed by atoms with van der Waals surface area (Å²) in [4.78, 5) is 22.1. The molecule has 114 valence electrons. The van der Waals surface area contributed by atoms with Crippen LogP contribution in [0.2, 0.25) is 0 Å². The Balaban J connectivity index is 4.49. The number of aldehydes is 1. The standard InChI is InChI=1S/C17H28O3/c1-4-6-8-9-16(15(3)12-13-18)10-11-17(19)20-14-7-5-2/h9-11,13,15H,4-8,12,14H2,1-3H3/b11-10+,16-9-. The molecule has 0 fully saturated rings. The van der Waals surface area contributed by atoms with Gasteiger partial charge in [0.05, 0.1) is 6.61 Å². The Hall–Kier alpha value is -1.38. The normalized spacial score (nSPS) is 13.4. The summed E-state index contributed by atoms with van der Waals surface area (Å²) in [6.45, 7) is 6.67. The molecule has 1 atom stereocenters. The lowest BCUT2D eigenvalue weighted by molar-refractivity contribution is -0.137. The van der Waals surface area contributed by atoms with Crippen molar-refractivity contribution >= 4 is 12.3 Å². The third kappa shape index (κ3) is 9.54. The van der Waals surface area contributed by atoms with E-state index in [0.717, 1.165) is 44.0 Å². The van der Waals surface area contributed by atoms with Crippen LogP contribution in [0.5, 0.6) is 0 Å². The summed E-state index contributed by atoms with van der Waals surface area (Å²) < 4.78 is 5.08. The van der Waals surface area contributed by atoms with E-state index in [1.165, 1.54) is 6.08 Å². The molecular formula is C17H28O3. The first-order chi connectivity index (χ1) is 9.65. The summed E-state index contributed by atoms with van der Waals surface area (Å²) in [5.74, 6) is -0.165. The highest BCUT2D eigenvalue weighted by Crippen LogP contribution is 2.17. The number of allylic oxidation sites excluding steroid dienone is 3. The molecule has 0 radical (unpaired) electrons. The Kier molecular flexibility index (Phi) is 11.8. The van der Waals surface area contributed by atoms with Crippen LogP contribution in [0.15, 0.2) is 23.8 Å². The molecule has 0 amide bonds. The average molecular weight is 280 g/mol. The topological polar surface area (TPSA) is 43.4 Å². The van der Waals surface area contributed by atoms with Gasteiger partial charge in [-0.1, -0.05) is 52.2 Å². The van der Waals surface area contributed by atoms with E-state index in [-0.39, 0.29) is 11.9 Å². The quantitative estimate of drug-likeness (QED) is 0.187. The number of rotatable bonds is 11. The van der Waals surface area contributed by atoms with Crippen molar-refractivity contribution in [3.8, 4) is 0 Å². The predicted octanol–water partition coefficient (Wildman–Crippen LogP) is 4.23. The van der Waals surface area contributed by atoms with Gasteiger partial charge < -0.3 is 9.53 Å². The fourth-order valence-electron chi connectivity index (χ4n) is 1.72. The van der Waals surface area contributed by atoms with E-state index < -0.39 is 0 Å². The first-order valence-corrected chi connectivity index (χ1v) is 7.64. The van der Waals surface area contributed by atoms with Crippen molar-refractivity contribution in [2.45, 2.75) is 59.3 Å². The lowest BCUT2D eigenvalue weighted by Gasteiger charge is -2.09. The number of unbranched alkanes of at least 4 members (excludes halogenated alkanes) is 3. The molecule has 0 aliphatic heterocycles. The average Bonchev–Trinajstić information content (AvgIpc) is 2.43. The second-order valence-electron chi connectivity index (χ2n) is 5.00. The molecule has 0 bridgehead atoms. The number of carbonyl (C=O) groups is 2. The molecule has 0 aliphatic carbocycles. The van der Waals surface area contributed by atoms with Gasteiger partial charge in [0.25, 0.3) is 0 Å². The monoisotopic (exact) mass is 280 g/mol. The van der Waals surface area contributed by atoms with Crippen molar-refractivity contribution < 1.29 is 14.3 Å². The van der Waals surface area contributed by atoms with Crippen molar-refractivity contribution in [2.75, 3.05) is 6.61 Å². The lowest BCUT2D eigenvalue weighted by atomic mass is 9.96. The minimum Gasteiger partial charge on any atom is -0.463 e. The fourth-order valence-corrected chi connectivity index (χ4v) is 1.72. The summed E-state index contributed by atoms with van der Waals surface area (Å²) in [7, 11) is 0. The molecule has 0 rings (SSSR count). The van der Waals surface area contributed by atoms with Crippen LogP contribution in [0.25, 0.3) is 0 Å². The van der Waals surface area contributed by atoms with Crippen LogP contribution >= 0.6 is 0 Å². The van der Waals surface area contributed by atoms with E-state index in [1.807, 2.05) is 6.92 Å². The van der Waals surface area contributed by atoms with Gasteiger partial charge in [-0.15, -0.1) is 0 Å². The number of carbonyl (C=O) groups excluding carboxylic acids is 2. The van der Waals surface area contributed by atoms with Gasteiger partial charge in [-0.2, -0.15) is 0 Å². The molecule has 0 aliphatic rings. The minimum absolute atomic E-state index is 0.143. The molecule has 0 saturated heterocycles. The van der Waals surface area contributed by atoms with E-state index in [9.17, 15) is 9.59 Å². The van der Waals surface area contributed by atoms with Crippen LogP contribution in [0.3, 0.4) is 0 Å². The van der Waals surface area contributed by atoms with E-state index in [4.69, 9.17) is 4.74 Å². The zero-order chi connectivity index (χ0) is 15.2. The van der Waals surface area contributed by atoms with Gasteiger partial charge in [-0.25, -0.2) is 4.79 Å². The highest BCUT2D eigenvalue weighted by molar-refractivity contribution is 5.82. The number of hydrogen-bond acceptors (Lipinski definition) is 3. The number of esters is 1. The van der Waals surface area contributed by atoms with Gasteiger partial charge in [0, 0.05) is 12.5 Å². The van der Waals surface area contributed by atoms with Crippen molar-refractivity contribution in [1.82, 2.24) is 0 Å². The summed E-state index contributed by atoms with van der Waals surface area (Å²) in [5, 5.41) is 0. The molecule has 20 heavy (non-hydrogen) atoms. The fraction of sp³-hybridized carbons (Fsp3) is 0.647. The Morgan fingerprint density at radius 2 is 1.85 bits per heavy atom. The Labute approximate surface area is 123 Å². The maximum absolute atomic E-state index is 11.5. The van der Waals surface area contributed by atoms with Crippen molar-refractivity contribution in [3.05, 3.63) is 23.8 Å². The minimum atomic E-state index is -0.307. The number of hydrogen-bond donors (Lipinski definition) is 0. The van der Waals surface area contributed by atoms with Gasteiger partial charge >= 0.3 is 5.97 Å². The van der Waals surface area contributed by atoms with Gasteiger partial charge in [0.1, 0.15) is 6.29 Å². The molecule has 0 aromatic rings. The molecule has 0 N–H and O–H groups in total.